The quantitative estimate of drug-likeness (QED) is 0.819. The van der Waals surface area contributed by atoms with E-state index in [1.54, 1.807) is 0 Å². The lowest BCUT2D eigenvalue weighted by Gasteiger charge is -1.96. The standard InChI is InChI=1S/C9H6F2N2O2/c10-6-3-1-2-5(8(6)11)9-12-7(4-14)13-15-9/h1-3,14H,4H2. The van der Waals surface area contributed by atoms with Crippen molar-refractivity contribution in [3.63, 3.8) is 0 Å². The van der Waals surface area contributed by atoms with Crippen LogP contribution >= 0.6 is 0 Å². The minimum Gasteiger partial charge on any atom is -0.388 e. The molecule has 0 saturated carbocycles. The van der Waals surface area contributed by atoms with Gasteiger partial charge in [0.1, 0.15) is 6.61 Å². The van der Waals surface area contributed by atoms with Gasteiger partial charge in [-0.25, -0.2) is 8.78 Å². The summed E-state index contributed by atoms with van der Waals surface area (Å²) >= 11 is 0. The molecule has 0 fully saturated rings. The van der Waals surface area contributed by atoms with E-state index in [1.807, 2.05) is 0 Å². The van der Waals surface area contributed by atoms with Crippen LogP contribution in [0.4, 0.5) is 8.78 Å². The molecule has 15 heavy (non-hydrogen) atoms. The van der Waals surface area contributed by atoms with Crippen LogP contribution in [0.25, 0.3) is 11.5 Å². The van der Waals surface area contributed by atoms with Gasteiger partial charge in [0.05, 0.1) is 5.56 Å². The number of halogens is 2. The summed E-state index contributed by atoms with van der Waals surface area (Å²) in [7, 11) is 0. The highest BCUT2D eigenvalue weighted by atomic mass is 19.2. The smallest absolute Gasteiger partial charge is 0.261 e. The number of aromatic nitrogens is 2. The second kappa shape index (κ2) is 3.74. The van der Waals surface area contributed by atoms with Crippen molar-refractivity contribution in [1.29, 1.82) is 0 Å². The lowest BCUT2D eigenvalue weighted by molar-refractivity contribution is 0.264. The minimum atomic E-state index is -1.05. The van der Waals surface area contributed by atoms with E-state index in [-0.39, 0.29) is 17.3 Å². The molecule has 0 amide bonds. The average molecular weight is 212 g/mol. The maximum absolute atomic E-state index is 13.2. The van der Waals surface area contributed by atoms with Gasteiger partial charge in [-0.2, -0.15) is 4.98 Å². The fourth-order valence-corrected chi connectivity index (χ4v) is 1.10. The normalized spacial score (nSPS) is 10.6. The first-order valence-corrected chi connectivity index (χ1v) is 4.10. The summed E-state index contributed by atoms with van der Waals surface area (Å²) in [5.74, 6) is -2.17. The van der Waals surface area contributed by atoms with Crippen molar-refractivity contribution in [2.24, 2.45) is 0 Å². The van der Waals surface area contributed by atoms with Gasteiger partial charge in [0, 0.05) is 0 Å². The molecule has 78 valence electrons. The Labute approximate surface area is 83.2 Å². The Morgan fingerprint density at radius 1 is 1.33 bits per heavy atom. The number of hydrogen-bond donors (Lipinski definition) is 1. The average Bonchev–Trinajstić information content (AvgIpc) is 2.70. The van der Waals surface area contributed by atoms with Crippen LogP contribution in [-0.2, 0) is 6.61 Å². The summed E-state index contributed by atoms with van der Waals surface area (Å²) < 4.78 is 30.7. The van der Waals surface area contributed by atoms with Crippen LogP contribution in [0.15, 0.2) is 22.7 Å². The van der Waals surface area contributed by atoms with Crippen molar-refractivity contribution < 1.29 is 18.4 Å². The monoisotopic (exact) mass is 212 g/mol. The summed E-state index contributed by atoms with van der Waals surface area (Å²) in [5, 5.41) is 12.0. The van der Waals surface area contributed by atoms with Gasteiger partial charge < -0.3 is 9.63 Å². The Morgan fingerprint density at radius 2 is 2.13 bits per heavy atom. The summed E-state index contributed by atoms with van der Waals surface area (Å²) in [6, 6.07) is 3.63. The predicted octanol–water partition coefficient (Wildman–Crippen LogP) is 1.51. The molecule has 0 aliphatic carbocycles. The number of hydrogen-bond acceptors (Lipinski definition) is 4. The van der Waals surface area contributed by atoms with Crippen LogP contribution in [0.3, 0.4) is 0 Å². The zero-order valence-corrected chi connectivity index (χ0v) is 7.44. The zero-order chi connectivity index (χ0) is 10.8. The molecule has 0 unspecified atom stereocenters. The largest absolute Gasteiger partial charge is 0.388 e. The summed E-state index contributed by atoms with van der Waals surface area (Å²) in [4.78, 5) is 3.67. The molecule has 1 aromatic carbocycles. The van der Waals surface area contributed by atoms with Crippen molar-refractivity contribution in [3.05, 3.63) is 35.7 Å². The van der Waals surface area contributed by atoms with Crippen LogP contribution < -0.4 is 0 Å². The van der Waals surface area contributed by atoms with E-state index in [0.29, 0.717) is 0 Å². The Kier molecular flexibility index (Phi) is 2.42. The molecule has 0 bridgehead atoms. The first-order valence-electron chi connectivity index (χ1n) is 4.10. The predicted molar refractivity (Wildman–Crippen MR) is 45.6 cm³/mol. The molecule has 2 aromatic rings. The van der Waals surface area contributed by atoms with Crippen molar-refractivity contribution in [2.45, 2.75) is 6.61 Å². The highest BCUT2D eigenvalue weighted by Gasteiger charge is 2.15. The molecule has 1 N–H and O–H groups in total. The van der Waals surface area contributed by atoms with Crippen LogP contribution in [0.5, 0.6) is 0 Å². The third kappa shape index (κ3) is 1.71. The molecule has 6 heteroatoms. The molecular weight excluding hydrogens is 206 g/mol. The first-order chi connectivity index (χ1) is 7.22. The molecule has 4 nitrogen and oxygen atoms in total. The van der Waals surface area contributed by atoms with Gasteiger partial charge in [-0.05, 0) is 12.1 Å². The lowest BCUT2D eigenvalue weighted by atomic mass is 10.2. The van der Waals surface area contributed by atoms with Crippen LogP contribution in [0.1, 0.15) is 5.82 Å². The Morgan fingerprint density at radius 3 is 2.80 bits per heavy atom. The maximum atomic E-state index is 13.2. The molecule has 0 radical (unpaired) electrons. The van der Waals surface area contributed by atoms with Gasteiger partial charge in [0.15, 0.2) is 17.5 Å². The Bertz CT molecular complexity index is 485. The fraction of sp³-hybridized carbons (Fsp3) is 0.111. The number of aliphatic hydroxyl groups excluding tert-OH is 1. The van der Waals surface area contributed by atoms with Crippen molar-refractivity contribution in [2.75, 3.05) is 0 Å². The van der Waals surface area contributed by atoms with Gasteiger partial charge in [-0.1, -0.05) is 11.2 Å². The second-order valence-electron chi connectivity index (χ2n) is 2.78. The summed E-state index contributed by atoms with van der Waals surface area (Å²) in [6.45, 7) is -0.416. The Hall–Kier alpha value is -1.82. The molecular formula is C9H6F2N2O2. The van der Waals surface area contributed by atoms with Gasteiger partial charge in [-0.3, -0.25) is 0 Å². The number of rotatable bonds is 2. The minimum absolute atomic E-state index is 0.0219. The van der Waals surface area contributed by atoms with Crippen LogP contribution in [-0.4, -0.2) is 15.2 Å². The van der Waals surface area contributed by atoms with Crippen molar-refractivity contribution in [3.8, 4) is 11.5 Å². The molecule has 0 atom stereocenters. The van der Waals surface area contributed by atoms with E-state index in [1.165, 1.54) is 12.1 Å². The van der Waals surface area contributed by atoms with Gasteiger partial charge in [0.2, 0.25) is 0 Å². The van der Waals surface area contributed by atoms with E-state index in [9.17, 15) is 8.78 Å². The fourth-order valence-electron chi connectivity index (χ4n) is 1.10. The molecule has 0 spiro atoms. The van der Waals surface area contributed by atoms with Gasteiger partial charge in [0.25, 0.3) is 5.89 Å². The summed E-state index contributed by atoms with van der Waals surface area (Å²) in [5.41, 5.74) is -0.123. The van der Waals surface area contributed by atoms with E-state index in [0.717, 1.165) is 6.07 Å². The van der Waals surface area contributed by atoms with E-state index in [4.69, 9.17) is 5.11 Å². The van der Waals surface area contributed by atoms with E-state index in [2.05, 4.69) is 14.7 Å². The topological polar surface area (TPSA) is 59.2 Å². The maximum Gasteiger partial charge on any atom is 0.261 e. The zero-order valence-electron chi connectivity index (χ0n) is 7.44. The van der Waals surface area contributed by atoms with Gasteiger partial charge in [-0.15, -0.1) is 0 Å². The van der Waals surface area contributed by atoms with E-state index < -0.39 is 18.2 Å². The van der Waals surface area contributed by atoms with Crippen molar-refractivity contribution >= 4 is 0 Å². The first kappa shape index (κ1) is 9.72. The highest BCUT2D eigenvalue weighted by molar-refractivity contribution is 5.53. The number of nitrogens with zero attached hydrogens (tertiary/aromatic N) is 2. The Balaban J connectivity index is 2.49. The lowest BCUT2D eigenvalue weighted by Crippen LogP contribution is -1.90. The van der Waals surface area contributed by atoms with E-state index >= 15 is 0 Å². The number of benzene rings is 1. The third-order valence-corrected chi connectivity index (χ3v) is 1.79. The SMILES string of the molecule is OCc1noc(-c2cccc(F)c2F)n1. The molecule has 2 rings (SSSR count). The highest BCUT2D eigenvalue weighted by Crippen LogP contribution is 2.22. The molecule has 0 aliphatic heterocycles. The molecule has 1 aromatic heterocycles. The van der Waals surface area contributed by atoms with Crippen molar-refractivity contribution in [1.82, 2.24) is 10.1 Å². The summed E-state index contributed by atoms with van der Waals surface area (Å²) in [6.07, 6.45) is 0. The van der Waals surface area contributed by atoms with Gasteiger partial charge >= 0.3 is 0 Å². The third-order valence-electron chi connectivity index (χ3n) is 1.79. The molecule has 0 aliphatic rings. The molecule has 1 heterocycles. The second-order valence-corrected chi connectivity index (χ2v) is 2.78. The molecule has 0 saturated heterocycles. The van der Waals surface area contributed by atoms with Crippen LogP contribution in [0, 0.1) is 11.6 Å². The van der Waals surface area contributed by atoms with Crippen LogP contribution in [0.2, 0.25) is 0 Å². The number of aliphatic hydroxyl groups is 1.